The van der Waals surface area contributed by atoms with Crippen LogP contribution in [0.15, 0.2) is 36.4 Å². The number of ether oxygens (including phenoxy) is 1. The molecule has 0 N–H and O–H groups in total. The van der Waals surface area contributed by atoms with E-state index in [1.54, 1.807) is 19.2 Å². The number of aromatic nitrogens is 2. The molecule has 5 heteroatoms. The number of fused-ring (bicyclic) bond motifs is 1. The van der Waals surface area contributed by atoms with Crippen LogP contribution in [0.2, 0.25) is 5.02 Å². The molecule has 0 saturated carbocycles. The minimum Gasteiger partial charge on any atom is -0.497 e. The molecule has 102 valence electrons. The van der Waals surface area contributed by atoms with Gasteiger partial charge >= 0.3 is 0 Å². The second-order valence-electron chi connectivity index (χ2n) is 4.45. The summed E-state index contributed by atoms with van der Waals surface area (Å²) in [4.78, 5) is 4.47. The molecular weight excluding hydrogens is 279 g/mol. The predicted molar refractivity (Wildman–Crippen MR) is 77.7 cm³/mol. The average Bonchev–Trinajstić information content (AvgIpc) is 2.75. The number of aryl methyl sites for hydroxylation is 1. The van der Waals surface area contributed by atoms with E-state index in [0.29, 0.717) is 22.2 Å². The summed E-state index contributed by atoms with van der Waals surface area (Å²) in [6.07, 6.45) is 0. The molecule has 0 radical (unpaired) electrons. The molecule has 0 atom stereocenters. The minimum absolute atomic E-state index is 0.312. The van der Waals surface area contributed by atoms with Crippen LogP contribution in [0.4, 0.5) is 4.39 Å². The summed E-state index contributed by atoms with van der Waals surface area (Å²) in [6.45, 7) is 0. The Kier molecular flexibility index (Phi) is 3.10. The molecule has 0 bridgehead atoms. The Labute approximate surface area is 120 Å². The standard InChI is InChI=1S/C15H12ClFN2O/c1-19-13-7-6-9(20-2)8-12(13)18-15(19)14-10(16)4-3-5-11(14)17/h3-8H,1-2H3. The van der Waals surface area contributed by atoms with Gasteiger partial charge in [0.25, 0.3) is 0 Å². The van der Waals surface area contributed by atoms with E-state index in [4.69, 9.17) is 16.3 Å². The Balaban J connectivity index is 2.29. The number of benzene rings is 2. The van der Waals surface area contributed by atoms with Gasteiger partial charge in [0.05, 0.1) is 28.7 Å². The number of hydrogen-bond acceptors (Lipinski definition) is 2. The lowest BCUT2D eigenvalue weighted by atomic mass is 10.2. The molecule has 1 aromatic heterocycles. The molecule has 3 rings (SSSR count). The van der Waals surface area contributed by atoms with Gasteiger partial charge in [0, 0.05) is 13.1 Å². The van der Waals surface area contributed by atoms with Crippen LogP contribution in [0.5, 0.6) is 5.75 Å². The van der Waals surface area contributed by atoms with E-state index in [9.17, 15) is 4.39 Å². The Morgan fingerprint density at radius 2 is 2.05 bits per heavy atom. The van der Waals surface area contributed by atoms with Gasteiger partial charge in [-0.05, 0) is 24.3 Å². The van der Waals surface area contributed by atoms with Gasteiger partial charge in [0.2, 0.25) is 0 Å². The Morgan fingerprint density at radius 3 is 2.75 bits per heavy atom. The molecule has 0 saturated heterocycles. The molecule has 20 heavy (non-hydrogen) atoms. The first kappa shape index (κ1) is 12.9. The van der Waals surface area contributed by atoms with Crippen LogP contribution in [0, 0.1) is 5.82 Å². The topological polar surface area (TPSA) is 27.1 Å². The van der Waals surface area contributed by atoms with Crippen molar-refractivity contribution in [2.45, 2.75) is 0 Å². The zero-order valence-electron chi connectivity index (χ0n) is 11.0. The lowest BCUT2D eigenvalue weighted by molar-refractivity contribution is 0.415. The first-order valence-corrected chi connectivity index (χ1v) is 6.44. The third-order valence-electron chi connectivity index (χ3n) is 3.27. The van der Waals surface area contributed by atoms with E-state index >= 15 is 0 Å². The van der Waals surface area contributed by atoms with Gasteiger partial charge in [-0.1, -0.05) is 17.7 Å². The van der Waals surface area contributed by atoms with Gasteiger partial charge in [-0.25, -0.2) is 9.37 Å². The molecule has 0 aliphatic rings. The molecular formula is C15H12ClFN2O. The highest BCUT2D eigenvalue weighted by Crippen LogP contribution is 2.32. The predicted octanol–water partition coefficient (Wildman–Crippen LogP) is 4.04. The zero-order valence-corrected chi connectivity index (χ0v) is 11.8. The van der Waals surface area contributed by atoms with Gasteiger partial charge in [-0.2, -0.15) is 0 Å². The molecule has 0 fully saturated rings. The van der Waals surface area contributed by atoms with E-state index in [0.717, 1.165) is 11.0 Å². The second-order valence-corrected chi connectivity index (χ2v) is 4.85. The fourth-order valence-electron chi connectivity index (χ4n) is 2.24. The fraction of sp³-hybridized carbons (Fsp3) is 0.133. The average molecular weight is 291 g/mol. The zero-order chi connectivity index (χ0) is 14.3. The number of rotatable bonds is 2. The largest absolute Gasteiger partial charge is 0.497 e. The van der Waals surface area contributed by atoms with Crippen LogP contribution in [-0.2, 0) is 7.05 Å². The molecule has 0 unspecified atom stereocenters. The molecule has 1 heterocycles. The number of halogens is 2. The first-order valence-electron chi connectivity index (χ1n) is 6.06. The summed E-state index contributed by atoms with van der Waals surface area (Å²) in [6, 6.07) is 10.2. The van der Waals surface area contributed by atoms with Crippen LogP contribution in [-0.4, -0.2) is 16.7 Å². The Morgan fingerprint density at radius 1 is 1.25 bits per heavy atom. The van der Waals surface area contributed by atoms with Crippen LogP contribution in [0.3, 0.4) is 0 Å². The summed E-state index contributed by atoms with van der Waals surface area (Å²) < 4.78 is 21.0. The van der Waals surface area contributed by atoms with Gasteiger partial charge in [0.15, 0.2) is 0 Å². The second kappa shape index (κ2) is 4.80. The summed E-state index contributed by atoms with van der Waals surface area (Å²) >= 11 is 6.10. The fourth-order valence-corrected chi connectivity index (χ4v) is 2.49. The highest BCUT2D eigenvalue weighted by Gasteiger charge is 2.16. The van der Waals surface area contributed by atoms with Crippen molar-refractivity contribution < 1.29 is 9.13 Å². The number of hydrogen-bond donors (Lipinski definition) is 0. The molecule has 0 aliphatic heterocycles. The molecule has 0 spiro atoms. The van der Waals surface area contributed by atoms with Crippen molar-refractivity contribution in [1.82, 2.24) is 9.55 Å². The van der Waals surface area contributed by atoms with Gasteiger partial charge in [0.1, 0.15) is 17.4 Å². The number of methoxy groups -OCH3 is 1. The third-order valence-corrected chi connectivity index (χ3v) is 3.59. The van der Waals surface area contributed by atoms with E-state index in [-0.39, 0.29) is 5.82 Å². The van der Waals surface area contributed by atoms with Gasteiger partial charge in [-0.15, -0.1) is 0 Å². The monoisotopic (exact) mass is 290 g/mol. The normalized spacial score (nSPS) is 11.0. The molecule has 0 aliphatic carbocycles. The van der Waals surface area contributed by atoms with Crippen molar-refractivity contribution in [3.63, 3.8) is 0 Å². The van der Waals surface area contributed by atoms with E-state index in [2.05, 4.69) is 4.98 Å². The van der Waals surface area contributed by atoms with Crippen molar-refractivity contribution >= 4 is 22.6 Å². The number of nitrogens with zero attached hydrogens (tertiary/aromatic N) is 2. The lowest BCUT2D eigenvalue weighted by Crippen LogP contribution is -1.95. The smallest absolute Gasteiger partial charge is 0.145 e. The van der Waals surface area contributed by atoms with Crippen molar-refractivity contribution in [2.24, 2.45) is 7.05 Å². The van der Waals surface area contributed by atoms with Gasteiger partial charge < -0.3 is 9.30 Å². The summed E-state index contributed by atoms with van der Waals surface area (Å²) in [7, 11) is 3.43. The summed E-state index contributed by atoms with van der Waals surface area (Å²) in [5.41, 5.74) is 1.94. The van der Waals surface area contributed by atoms with Crippen molar-refractivity contribution in [3.8, 4) is 17.1 Å². The van der Waals surface area contributed by atoms with E-state index < -0.39 is 0 Å². The van der Waals surface area contributed by atoms with Crippen LogP contribution < -0.4 is 4.74 Å². The molecule has 2 aromatic carbocycles. The van der Waals surface area contributed by atoms with E-state index in [1.807, 2.05) is 29.8 Å². The Bertz CT molecular complexity index is 778. The maximum absolute atomic E-state index is 14.0. The molecule has 0 amide bonds. The van der Waals surface area contributed by atoms with E-state index in [1.165, 1.54) is 6.07 Å². The molecule has 3 aromatic rings. The number of imidazole rings is 1. The van der Waals surface area contributed by atoms with Crippen LogP contribution in [0.1, 0.15) is 0 Å². The van der Waals surface area contributed by atoms with Crippen molar-refractivity contribution in [2.75, 3.05) is 7.11 Å². The lowest BCUT2D eigenvalue weighted by Gasteiger charge is -2.06. The summed E-state index contributed by atoms with van der Waals surface area (Å²) in [5, 5.41) is 0.343. The quantitative estimate of drug-likeness (QED) is 0.712. The maximum Gasteiger partial charge on any atom is 0.145 e. The highest BCUT2D eigenvalue weighted by molar-refractivity contribution is 6.33. The third kappa shape index (κ3) is 1.93. The van der Waals surface area contributed by atoms with Crippen molar-refractivity contribution in [1.29, 1.82) is 0 Å². The summed E-state index contributed by atoms with van der Waals surface area (Å²) in [5.74, 6) is 0.820. The van der Waals surface area contributed by atoms with Crippen LogP contribution >= 0.6 is 11.6 Å². The first-order chi connectivity index (χ1) is 9.61. The van der Waals surface area contributed by atoms with Gasteiger partial charge in [-0.3, -0.25) is 0 Å². The molecule has 3 nitrogen and oxygen atoms in total. The Hall–Kier alpha value is -2.07. The SMILES string of the molecule is COc1ccc2c(c1)nc(-c1c(F)cccc1Cl)n2C. The highest BCUT2D eigenvalue weighted by atomic mass is 35.5. The van der Waals surface area contributed by atoms with Crippen LogP contribution in [0.25, 0.3) is 22.4 Å². The maximum atomic E-state index is 14.0. The minimum atomic E-state index is -0.386. The van der Waals surface area contributed by atoms with Crippen molar-refractivity contribution in [3.05, 3.63) is 47.2 Å².